The Labute approximate surface area is 163 Å². The molecule has 9 heteroatoms. The van der Waals surface area contributed by atoms with Crippen LogP contribution >= 0.6 is 0 Å². The zero-order valence-corrected chi connectivity index (χ0v) is 15.2. The number of amides is 1. The molecule has 29 heavy (non-hydrogen) atoms. The van der Waals surface area contributed by atoms with Crippen LogP contribution in [0.3, 0.4) is 0 Å². The van der Waals surface area contributed by atoms with Crippen molar-refractivity contribution in [3.05, 3.63) is 71.9 Å². The van der Waals surface area contributed by atoms with Gasteiger partial charge >= 0.3 is 6.61 Å². The predicted octanol–water partition coefficient (Wildman–Crippen LogP) is 4.86. The highest BCUT2D eigenvalue weighted by Gasteiger charge is 2.17. The molecule has 1 aromatic heterocycles. The Balaban J connectivity index is 1.63. The highest BCUT2D eigenvalue weighted by Crippen LogP contribution is 2.28. The number of ether oxygens (including phenoxy) is 3. The first-order valence-corrected chi connectivity index (χ1v) is 8.36. The SMILES string of the molecule is COc1ccc(OCc2ccc(C(=O)Nc3ccc(F)cc3OC(F)F)o2)cc1. The average Bonchev–Trinajstić information content (AvgIpc) is 3.17. The lowest BCUT2D eigenvalue weighted by atomic mass is 10.2. The summed E-state index contributed by atoms with van der Waals surface area (Å²) in [7, 11) is 1.56. The van der Waals surface area contributed by atoms with Gasteiger partial charge in [0.2, 0.25) is 0 Å². The fraction of sp³-hybridized carbons (Fsp3) is 0.150. The standard InChI is InChI=1S/C20H16F3NO5/c1-26-13-3-5-14(6-4-13)27-11-15-7-9-17(28-15)19(25)24-16-8-2-12(21)10-18(16)29-20(22)23/h2-10,20H,11H2,1H3,(H,24,25). The van der Waals surface area contributed by atoms with Gasteiger partial charge in [-0.25, -0.2) is 4.39 Å². The Morgan fingerprint density at radius 3 is 2.48 bits per heavy atom. The Kier molecular flexibility index (Phi) is 6.28. The molecular formula is C20H16F3NO5. The maximum absolute atomic E-state index is 13.3. The van der Waals surface area contributed by atoms with Gasteiger partial charge in [-0.15, -0.1) is 0 Å². The van der Waals surface area contributed by atoms with E-state index in [1.54, 1.807) is 37.4 Å². The predicted molar refractivity (Wildman–Crippen MR) is 97.0 cm³/mol. The Hall–Kier alpha value is -3.62. The van der Waals surface area contributed by atoms with Crippen molar-refractivity contribution < 1.29 is 36.6 Å². The van der Waals surface area contributed by atoms with Gasteiger partial charge in [-0.05, 0) is 48.5 Å². The van der Waals surface area contributed by atoms with Crippen LogP contribution < -0.4 is 19.5 Å². The largest absolute Gasteiger partial charge is 0.497 e. The molecule has 1 amide bonds. The summed E-state index contributed by atoms with van der Waals surface area (Å²) in [6.07, 6.45) is 0. The van der Waals surface area contributed by atoms with Gasteiger partial charge in [-0.1, -0.05) is 0 Å². The van der Waals surface area contributed by atoms with Crippen molar-refractivity contribution in [2.75, 3.05) is 12.4 Å². The zero-order valence-electron chi connectivity index (χ0n) is 15.2. The van der Waals surface area contributed by atoms with Crippen molar-refractivity contribution in [3.8, 4) is 17.2 Å². The van der Waals surface area contributed by atoms with Gasteiger partial charge in [0, 0.05) is 6.07 Å². The van der Waals surface area contributed by atoms with Gasteiger partial charge < -0.3 is 23.9 Å². The molecule has 0 fully saturated rings. The minimum atomic E-state index is -3.17. The van der Waals surface area contributed by atoms with Crippen LogP contribution in [0.5, 0.6) is 17.2 Å². The van der Waals surface area contributed by atoms with Gasteiger partial charge in [0.1, 0.15) is 29.7 Å². The number of alkyl halides is 2. The number of methoxy groups -OCH3 is 1. The number of anilines is 1. The van der Waals surface area contributed by atoms with E-state index in [-0.39, 0.29) is 18.1 Å². The number of hydrogen-bond donors (Lipinski definition) is 1. The first-order valence-electron chi connectivity index (χ1n) is 8.36. The van der Waals surface area contributed by atoms with E-state index in [2.05, 4.69) is 10.1 Å². The van der Waals surface area contributed by atoms with E-state index >= 15 is 0 Å². The number of carbonyl (C=O) groups is 1. The zero-order chi connectivity index (χ0) is 20.8. The summed E-state index contributed by atoms with van der Waals surface area (Å²) in [5.41, 5.74) is -0.121. The molecule has 0 radical (unpaired) electrons. The summed E-state index contributed by atoms with van der Waals surface area (Å²) >= 11 is 0. The molecule has 0 saturated heterocycles. The smallest absolute Gasteiger partial charge is 0.387 e. The number of furan rings is 1. The summed E-state index contributed by atoms with van der Waals surface area (Å²) in [5, 5.41) is 2.35. The monoisotopic (exact) mass is 407 g/mol. The molecule has 0 spiro atoms. The van der Waals surface area contributed by atoms with Crippen LogP contribution in [-0.2, 0) is 6.61 Å². The van der Waals surface area contributed by atoms with Gasteiger partial charge in [-0.2, -0.15) is 8.78 Å². The minimum absolute atomic E-state index is 0.0654. The molecular weight excluding hydrogens is 391 g/mol. The number of rotatable bonds is 8. The molecule has 0 bridgehead atoms. The summed E-state index contributed by atoms with van der Waals surface area (Å²) in [5.74, 6) is -0.442. The van der Waals surface area contributed by atoms with E-state index in [1.807, 2.05) is 0 Å². The summed E-state index contributed by atoms with van der Waals surface area (Å²) in [6.45, 7) is -3.10. The van der Waals surface area contributed by atoms with Crippen molar-refractivity contribution in [1.82, 2.24) is 0 Å². The maximum atomic E-state index is 13.3. The fourth-order valence-electron chi connectivity index (χ4n) is 2.38. The second-order valence-electron chi connectivity index (χ2n) is 5.70. The van der Waals surface area contributed by atoms with Crippen molar-refractivity contribution >= 4 is 11.6 Å². The molecule has 0 atom stereocenters. The minimum Gasteiger partial charge on any atom is -0.497 e. The lowest BCUT2D eigenvalue weighted by Crippen LogP contribution is -2.13. The highest BCUT2D eigenvalue weighted by molar-refractivity contribution is 6.03. The number of hydrogen-bond acceptors (Lipinski definition) is 5. The third-order valence-electron chi connectivity index (χ3n) is 3.73. The van der Waals surface area contributed by atoms with Crippen molar-refractivity contribution in [2.24, 2.45) is 0 Å². The van der Waals surface area contributed by atoms with E-state index in [1.165, 1.54) is 6.07 Å². The molecule has 1 N–H and O–H groups in total. The quantitative estimate of drug-likeness (QED) is 0.578. The molecule has 0 aliphatic heterocycles. The Morgan fingerprint density at radius 1 is 1.07 bits per heavy atom. The molecule has 0 aliphatic carbocycles. The lowest BCUT2D eigenvalue weighted by molar-refractivity contribution is -0.0495. The Morgan fingerprint density at radius 2 is 1.79 bits per heavy atom. The summed E-state index contributed by atoms with van der Waals surface area (Å²) in [4.78, 5) is 12.3. The maximum Gasteiger partial charge on any atom is 0.387 e. The third-order valence-corrected chi connectivity index (χ3v) is 3.73. The normalized spacial score (nSPS) is 10.7. The number of benzene rings is 2. The van der Waals surface area contributed by atoms with E-state index < -0.39 is 24.1 Å². The van der Waals surface area contributed by atoms with Gasteiger partial charge in [0.15, 0.2) is 11.5 Å². The highest BCUT2D eigenvalue weighted by atomic mass is 19.3. The van der Waals surface area contributed by atoms with Crippen LogP contribution in [0.2, 0.25) is 0 Å². The van der Waals surface area contributed by atoms with Gasteiger partial charge in [-0.3, -0.25) is 4.79 Å². The van der Waals surface area contributed by atoms with E-state index in [9.17, 15) is 18.0 Å². The van der Waals surface area contributed by atoms with Crippen LogP contribution in [0.4, 0.5) is 18.9 Å². The van der Waals surface area contributed by atoms with Crippen LogP contribution in [0, 0.1) is 5.82 Å². The summed E-state index contributed by atoms with van der Waals surface area (Å²) < 4.78 is 58.4. The first kappa shape index (κ1) is 20.1. The molecule has 1 heterocycles. The molecule has 6 nitrogen and oxygen atoms in total. The van der Waals surface area contributed by atoms with Crippen LogP contribution in [-0.4, -0.2) is 19.6 Å². The van der Waals surface area contributed by atoms with Crippen molar-refractivity contribution in [2.45, 2.75) is 13.2 Å². The summed E-state index contributed by atoms with van der Waals surface area (Å²) in [6, 6.07) is 12.7. The van der Waals surface area contributed by atoms with Crippen molar-refractivity contribution in [3.63, 3.8) is 0 Å². The molecule has 0 aliphatic rings. The topological polar surface area (TPSA) is 69.9 Å². The molecule has 2 aromatic carbocycles. The van der Waals surface area contributed by atoms with Crippen LogP contribution in [0.1, 0.15) is 16.3 Å². The number of halogens is 3. The van der Waals surface area contributed by atoms with E-state index in [0.29, 0.717) is 17.3 Å². The third kappa shape index (κ3) is 5.44. The number of nitrogens with one attached hydrogen (secondary N) is 1. The van der Waals surface area contributed by atoms with E-state index in [4.69, 9.17) is 13.9 Å². The van der Waals surface area contributed by atoms with Crippen LogP contribution in [0.15, 0.2) is 59.0 Å². The average molecular weight is 407 g/mol. The van der Waals surface area contributed by atoms with Gasteiger partial charge in [0.05, 0.1) is 12.8 Å². The first-order chi connectivity index (χ1) is 13.9. The number of carbonyl (C=O) groups excluding carboxylic acids is 1. The molecule has 3 rings (SSSR count). The molecule has 0 unspecified atom stereocenters. The van der Waals surface area contributed by atoms with Gasteiger partial charge in [0.25, 0.3) is 5.91 Å². The lowest BCUT2D eigenvalue weighted by Gasteiger charge is -2.11. The molecule has 0 saturated carbocycles. The Bertz CT molecular complexity index is 973. The fourth-order valence-corrected chi connectivity index (χ4v) is 2.38. The second kappa shape index (κ2) is 9.05. The molecule has 152 valence electrons. The van der Waals surface area contributed by atoms with E-state index in [0.717, 1.165) is 18.2 Å². The van der Waals surface area contributed by atoms with Crippen molar-refractivity contribution in [1.29, 1.82) is 0 Å². The van der Waals surface area contributed by atoms with Crippen LogP contribution in [0.25, 0.3) is 0 Å². The molecule has 3 aromatic rings. The second-order valence-corrected chi connectivity index (χ2v) is 5.70.